The fourth-order valence-electron chi connectivity index (χ4n) is 0.881. The SMILES string of the molecule is NS(=O)(=O)c1ccc(F)c(F)c1.c1ccsc1. The Kier molecular flexibility index (Phi) is 4.73. The Labute approximate surface area is 102 Å². The molecule has 3 nitrogen and oxygen atoms in total. The van der Waals surface area contributed by atoms with Crippen molar-refractivity contribution in [3.63, 3.8) is 0 Å². The minimum Gasteiger partial charge on any atom is -0.225 e. The van der Waals surface area contributed by atoms with E-state index < -0.39 is 26.6 Å². The van der Waals surface area contributed by atoms with Gasteiger partial charge in [0.05, 0.1) is 4.90 Å². The summed E-state index contributed by atoms with van der Waals surface area (Å²) in [4.78, 5) is -0.443. The first-order chi connectivity index (χ1) is 7.91. The van der Waals surface area contributed by atoms with E-state index in [1.165, 1.54) is 0 Å². The van der Waals surface area contributed by atoms with Crippen LogP contribution in [0.15, 0.2) is 46.0 Å². The third kappa shape index (κ3) is 4.59. The summed E-state index contributed by atoms with van der Waals surface area (Å²) >= 11 is 1.71. The van der Waals surface area contributed by atoms with Gasteiger partial charge in [-0.2, -0.15) is 11.3 Å². The van der Waals surface area contributed by atoms with Crippen LogP contribution in [0.25, 0.3) is 0 Å². The maximum atomic E-state index is 12.4. The Bertz CT molecular complexity index is 551. The third-order valence-corrected chi connectivity index (χ3v) is 3.18. The Balaban J connectivity index is 0.000000239. The summed E-state index contributed by atoms with van der Waals surface area (Å²) in [5.41, 5.74) is 0. The van der Waals surface area contributed by atoms with Crippen LogP contribution < -0.4 is 5.14 Å². The molecule has 2 aromatic rings. The molecule has 0 aliphatic heterocycles. The summed E-state index contributed by atoms with van der Waals surface area (Å²) < 4.78 is 45.9. The number of thiophene rings is 1. The van der Waals surface area contributed by atoms with Crippen molar-refractivity contribution in [2.45, 2.75) is 4.90 Å². The molecule has 1 aromatic carbocycles. The predicted molar refractivity (Wildman–Crippen MR) is 62.1 cm³/mol. The smallest absolute Gasteiger partial charge is 0.225 e. The molecule has 0 amide bonds. The van der Waals surface area contributed by atoms with Crippen molar-refractivity contribution >= 4 is 21.4 Å². The first kappa shape index (κ1) is 13.8. The van der Waals surface area contributed by atoms with Gasteiger partial charge in [0, 0.05) is 0 Å². The van der Waals surface area contributed by atoms with Crippen LogP contribution in [0.2, 0.25) is 0 Å². The standard InChI is InChI=1S/C6H5F2NO2S.C4H4S/c7-5-2-1-4(3-6(5)8)12(9,10)11;1-2-4-5-3-1/h1-3H,(H2,9,10,11);1-4H. The molecule has 0 fully saturated rings. The molecule has 1 aromatic heterocycles. The number of halogens is 2. The molecule has 17 heavy (non-hydrogen) atoms. The van der Waals surface area contributed by atoms with E-state index in [0.29, 0.717) is 12.1 Å². The van der Waals surface area contributed by atoms with Crippen LogP contribution in [0.5, 0.6) is 0 Å². The second-order valence-electron chi connectivity index (χ2n) is 2.91. The Hall–Kier alpha value is -1.31. The van der Waals surface area contributed by atoms with E-state index in [2.05, 4.69) is 5.14 Å². The van der Waals surface area contributed by atoms with Gasteiger partial charge in [-0.3, -0.25) is 0 Å². The van der Waals surface area contributed by atoms with Gasteiger partial charge in [-0.1, -0.05) is 12.1 Å². The number of sulfonamides is 1. The average molecular weight is 277 g/mol. The van der Waals surface area contributed by atoms with Gasteiger partial charge in [0.25, 0.3) is 0 Å². The quantitative estimate of drug-likeness (QED) is 0.869. The molecule has 0 saturated heterocycles. The van der Waals surface area contributed by atoms with Crippen molar-refractivity contribution in [3.8, 4) is 0 Å². The zero-order valence-electron chi connectivity index (χ0n) is 8.51. The van der Waals surface area contributed by atoms with Crippen molar-refractivity contribution in [2.75, 3.05) is 0 Å². The fraction of sp³-hybridized carbons (Fsp3) is 0. The summed E-state index contributed by atoms with van der Waals surface area (Å²) in [6.45, 7) is 0. The van der Waals surface area contributed by atoms with Gasteiger partial charge >= 0.3 is 0 Å². The molecular weight excluding hydrogens is 268 g/mol. The van der Waals surface area contributed by atoms with E-state index in [9.17, 15) is 17.2 Å². The van der Waals surface area contributed by atoms with Crippen molar-refractivity contribution < 1.29 is 17.2 Å². The van der Waals surface area contributed by atoms with E-state index in [0.717, 1.165) is 6.07 Å². The lowest BCUT2D eigenvalue weighted by atomic mass is 10.3. The Morgan fingerprint density at radius 1 is 1.06 bits per heavy atom. The van der Waals surface area contributed by atoms with Crippen molar-refractivity contribution in [1.82, 2.24) is 0 Å². The molecule has 1 heterocycles. The summed E-state index contributed by atoms with van der Waals surface area (Å²) in [6.07, 6.45) is 0. The zero-order chi connectivity index (χ0) is 12.9. The Morgan fingerprint density at radius 3 is 2.00 bits per heavy atom. The maximum Gasteiger partial charge on any atom is 0.238 e. The first-order valence-electron chi connectivity index (χ1n) is 4.36. The second-order valence-corrected chi connectivity index (χ2v) is 5.29. The molecule has 0 spiro atoms. The first-order valence-corrected chi connectivity index (χ1v) is 6.85. The van der Waals surface area contributed by atoms with Crippen LogP contribution in [0, 0.1) is 11.6 Å². The molecule has 0 saturated carbocycles. The van der Waals surface area contributed by atoms with Crippen LogP contribution in [0.4, 0.5) is 8.78 Å². The highest BCUT2D eigenvalue weighted by Gasteiger charge is 2.10. The van der Waals surface area contributed by atoms with E-state index in [-0.39, 0.29) is 0 Å². The summed E-state index contributed by atoms with van der Waals surface area (Å²) in [5.74, 6) is -2.34. The van der Waals surface area contributed by atoms with Gasteiger partial charge < -0.3 is 0 Å². The molecule has 0 aliphatic carbocycles. The van der Waals surface area contributed by atoms with Crippen LogP contribution >= 0.6 is 11.3 Å². The number of primary sulfonamides is 1. The van der Waals surface area contributed by atoms with Gasteiger partial charge in [-0.05, 0) is 29.0 Å². The number of hydrogen-bond acceptors (Lipinski definition) is 3. The van der Waals surface area contributed by atoms with Gasteiger partial charge in [0.15, 0.2) is 11.6 Å². The molecule has 7 heteroatoms. The van der Waals surface area contributed by atoms with E-state index in [1.807, 2.05) is 22.9 Å². The van der Waals surface area contributed by atoms with Gasteiger partial charge in [0.2, 0.25) is 10.0 Å². The summed E-state index contributed by atoms with van der Waals surface area (Å²) in [5, 5.41) is 8.74. The third-order valence-electron chi connectivity index (χ3n) is 1.64. The van der Waals surface area contributed by atoms with Gasteiger partial charge in [0.1, 0.15) is 0 Å². The molecule has 2 rings (SSSR count). The van der Waals surface area contributed by atoms with Crippen molar-refractivity contribution in [2.24, 2.45) is 5.14 Å². The monoisotopic (exact) mass is 277 g/mol. The minimum atomic E-state index is -3.95. The number of rotatable bonds is 1. The summed E-state index contributed by atoms with van der Waals surface area (Å²) in [6, 6.07) is 6.17. The highest BCUT2D eigenvalue weighted by Crippen LogP contribution is 2.11. The lowest BCUT2D eigenvalue weighted by Crippen LogP contribution is -2.12. The zero-order valence-corrected chi connectivity index (χ0v) is 10.1. The topological polar surface area (TPSA) is 60.2 Å². The second kappa shape index (κ2) is 5.85. The van der Waals surface area contributed by atoms with Crippen LogP contribution in [-0.2, 0) is 10.0 Å². The molecule has 0 atom stereocenters. The Morgan fingerprint density at radius 2 is 1.65 bits per heavy atom. The maximum absolute atomic E-state index is 12.4. The highest BCUT2D eigenvalue weighted by molar-refractivity contribution is 7.89. The molecule has 0 aliphatic rings. The lowest BCUT2D eigenvalue weighted by molar-refractivity contribution is 0.504. The highest BCUT2D eigenvalue weighted by atomic mass is 32.2. The molecular formula is C10H9F2NO2S2. The van der Waals surface area contributed by atoms with Crippen LogP contribution in [0.3, 0.4) is 0 Å². The molecule has 0 unspecified atom stereocenters. The van der Waals surface area contributed by atoms with E-state index in [1.54, 1.807) is 11.3 Å². The normalized spacial score (nSPS) is 10.5. The largest absolute Gasteiger partial charge is 0.238 e. The molecule has 2 N–H and O–H groups in total. The fourth-order valence-corrected chi connectivity index (χ4v) is 1.86. The van der Waals surface area contributed by atoms with Gasteiger partial charge in [-0.25, -0.2) is 22.3 Å². The van der Waals surface area contributed by atoms with E-state index >= 15 is 0 Å². The van der Waals surface area contributed by atoms with Crippen LogP contribution in [-0.4, -0.2) is 8.42 Å². The molecule has 0 radical (unpaired) electrons. The molecule has 0 bridgehead atoms. The van der Waals surface area contributed by atoms with Gasteiger partial charge in [-0.15, -0.1) is 0 Å². The average Bonchev–Trinajstić information content (AvgIpc) is 2.78. The van der Waals surface area contributed by atoms with E-state index in [4.69, 9.17) is 0 Å². The number of hydrogen-bond donors (Lipinski definition) is 1. The van der Waals surface area contributed by atoms with Crippen molar-refractivity contribution in [3.05, 3.63) is 52.7 Å². The van der Waals surface area contributed by atoms with Crippen LogP contribution in [0.1, 0.15) is 0 Å². The molecule has 92 valence electrons. The predicted octanol–water partition coefficient (Wildman–Crippen LogP) is 2.36. The van der Waals surface area contributed by atoms with Crippen molar-refractivity contribution in [1.29, 1.82) is 0 Å². The summed E-state index contributed by atoms with van der Waals surface area (Å²) in [7, 11) is -3.95. The number of nitrogens with two attached hydrogens (primary N) is 1. The number of benzene rings is 1. The minimum absolute atomic E-state index is 0.443. The lowest BCUT2D eigenvalue weighted by Gasteiger charge is -1.97.